The van der Waals surface area contributed by atoms with Gasteiger partial charge in [-0.1, -0.05) is 26.0 Å². The highest BCUT2D eigenvalue weighted by atomic mass is 16.4. The van der Waals surface area contributed by atoms with E-state index in [1.807, 2.05) is 4.68 Å². The normalized spacial score (nSPS) is 11.9. The summed E-state index contributed by atoms with van der Waals surface area (Å²) in [7, 11) is 0. The van der Waals surface area contributed by atoms with Crippen LogP contribution in [0.2, 0.25) is 0 Å². The second kappa shape index (κ2) is 4.99. The zero-order chi connectivity index (χ0) is 14.0. The fourth-order valence-electron chi connectivity index (χ4n) is 2.60. The predicted molar refractivity (Wildman–Crippen MR) is 73.3 cm³/mol. The molecule has 0 unspecified atom stereocenters. The topological polar surface area (TPSA) is 68.0 Å². The van der Waals surface area contributed by atoms with Crippen LogP contribution in [0.15, 0.2) is 18.2 Å². The number of aromatic nitrogens is 3. The lowest BCUT2D eigenvalue weighted by molar-refractivity contribution is 0.0697. The van der Waals surface area contributed by atoms with Gasteiger partial charge < -0.3 is 5.11 Å². The van der Waals surface area contributed by atoms with Gasteiger partial charge in [0.1, 0.15) is 5.52 Å². The van der Waals surface area contributed by atoms with Crippen LogP contribution in [0, 0.1) is 0 Å². The second-order valence-corrected chi connectivity index (χ2v) is 4.79. The summed E-state index contributed by atoms with van der Waals surface area (Å²) in [5, 5.41) is 17.5. The van der Waals surface area contributed by atoms with Crippen molar-refractivity contribution >= 4 is 17.0 Å². The first-order valence-electron chi connectivity index (χ1n) is 6.67. The Labute approximate surface area is 112 Å². The van der Waals surface area contributed by atoms with Crippen molar-refractivity contribution in [3.05, 3.63) is 23.8 Å². The molecule has 0 amide bonds. The van der Waals surface area contributed by atoms with Gasteiger partial charge in [-0.15, -0.1) is 5.10 Å². The summed E-state index contributed by atoms with van der Waals surface area (Å²) in [5.41, 5.74) is 1.72. The van der Waals surface area contributed by atoms with Crippen molar-refractivity contribution in [2.45, 2.75) is 45.6 Å². The van der Waals surface area contributed by atoms with Crippen molar-refractivity contribution in [2.75, 3.05) is 0 Å². The van der Waals surface area contributed by atoms with Crippen molar-refractivity contribution in [2.24, 2.45) is 0 Å². The van der Waals surface area contributed by atoms with Crippen molar-refractivity contribution in [1.29, 1.82) is 0 Å². The van der Waals surface area contributed by atoms with Gasteiger partial charge in [-0.3, -0.25) is 0 Å². The molecule has 2 rings (SSSR count). The van der Waals surface area contributed by atoms with E-state index in [-0.39, 0.29) is 11.1 Å². The van der Waals surface area contributed by atoms with Crippen LogP contribution >= 0.6 is 0 Å². The lowest BCUT2D eigenvalue weighted by Gasteiger charge is -2.31. The third-order valence-corrected chi connectivity index (χ3v) is 4.12. The summed E-state index contributed by atoms with van der Waals surface area (Å²) in [6.07, 6.45) is 2.82. The molecule has 1 aromatic heterocycles. The first kappa shape index (κ1) is 13.5. The maximum Gasteiger partial charge on any atom is 0.335 e. The van der Waals surface area contributed by atoms with E-state index in [1.54, 1.807) is 18.2 Å². The molecule has 0 aliphatic heterocycles. The largest absolute Gasteiger partial charge is 0.478 e. The average molecular weight is 261 g/mol. The number of nitrogens with zero attached hydrogens (tertiary/aromatic N) is 3. The monoisotopic (exact) mass is 261 g/mol. The molecule has 0 aliphatic rings. The Hall–Kier alpha value is -1.91. The summed E-state index contributed by atoms with van der Waals surface area (Å²) >= 11 is 0. The molecule has 1 aromatic carbocycles. The molecule has 0 spiro atoms. The number of aromatic carboxylic acids is 1. The fourth-order valence-corrected chi connectivity index (χ4v) is 2.60. The Bertz CT molecular complexity index is 591. The van der Waals surface area contributed by atoms with Gasteiger partial charge in [-0.2, -0.15) is 0 Å². The van der Waals surface area contributed by atoms with E-state index < -0.39 is 5.97 Å². The molecule has 19 heavy (non-hydrogen) atoms. The summed E-state index contributed by atoms with van der Waals surface area (Å²) in [4.78, 5) is 11.1. The second-order valence-electron chi connectivity index (χ2n) is 4.79. The highest BCUT2D eigenvalue weighted by Crippen LogP contribution is 2.31. The van der Waals surface area contributed by atoms with E-state index in [0.29, 0.717) is 0 Å². The Morgan fingerprint density at radius 1 is 1.26 bits per heavy atom. The number of rotatable bonds is 5. The van der Waals surface area contributed by atoms with E-state index >= 15 is 0 Å². The number of carboxylic acid groups (broad SMARTS) is 1. The van der Waals surface area contributed by atoms with Gasteiger partial charge in [0.05, 0.1) is 16.6 Å². The van der Waals surface area contributed by atoms with Crippen molar-refractivity contribution in [1.82, 2.24) is 15.0 Å². The minimum absolute atomic E-state index is 0.0914. The SMILES string of the molecule is CCC(CC)(CC)n1nnc2ccc(C(=O)O)cc21. The molecule has 5 nitrogen and oxygen atoms in total. The van der Waals surface area contributed by atoms with Gasteiger partial charge in [0.2, 0.25) is 0 Å². The number of carboxylic acids is 1. The van der Waals surface area contributed by atoms with Gasteiger partial charge in [0.15, 0.2) is 0 Å². The van der Waals surface area contributed by atoms with E-state index in [0.717, 1.165) is 30.3 Å². The van der Waals surface area contributed by atoms with E-state index in [1.165, 1.54) is 0 Å². The van der Waals surface area contributed by atoms with Crippen LogP contribution in [0.5, 0.6) is 0 Å². The highest BCUT2D eigenvalue weighted by Gasteiger charge is 2.29. The zero-order valence-electron chi connectivity index (χ0n) is 11.6. The molecule has 0 saturated carbocycles. The number of fused-ring (bicyclic) bond motifs is 1. The molecule has 102 valence electrons. The molecule has 0 bridgehead atoms. The number of carbonyl (C=O) groups is 1. The number of hydrogen-bond acceptors (Lipinski definition) is 3. The molecule has 2 aromatic rings. The molecule has 1 heterocycles. The predicted octanol–water partition coefficient (Wildman–Crippen LogP) is 3.05. The van der Waals surface area contributed by atoms with Crippen molar-refractivity contribution in [3.63, 3.8) is 0 Å². The van der Waals surface area contributed by atoms with Gasteiger partial charge in [-0.05, 0) is 37.5 Å². The van der Waals surface area contributed by atoms with Crippen LogP contribution < -0.4 is 0 Å². The van der Waals surface area contributed by atoms with E-state index in [2.05, 4.69) is 31.1 Å². The molecular formula is C14H19N3O2. The van der Waals surface area contributed by atoms with E-state index in [4.69, 9.17) is 5.11 Å². The molecular weight excluding hydrogens is 242 g/mol. The summed E-state index contributed by atoms with van der Waals surface area (Å²) in [6.45, 7) is 6.38. The minimum Gasteiger partial charge on any atom is -0.478 e. The molecule has 0 fully saturated rings. The molecule has 0 saturated heterocycles. The zero-order valence-corrected chi connectivity index (χ0v) is 11.6. The highest BCUT2D eigenvalue weighted by molar-refractivity contribution is 5.92. The van der Waals surface area contributed by atoms with Crippen molar-refractivity contribution < 1.29 is 9.90 Å². The maximum absolute atomic E-state index is 11.1. The molecule has 0 atom stereocenters. The lowest BCUT2D eigenvalue weighted by Crippen LogP contribution is -2.32. The first-order chi connectivity index (χ1) is 9.07. The Kier molecular flexibility index (Phi) is 3.55. The summed E-state index contributed by atoms with van der Waals surface area (Å²) in [5.74, 6) is -0.926. The molecule has 0 radical (unpaired) electrons. The quantitative estimate of drug-likeness (QED) is 0.898. The van der Waals surface area contributed by atoms with Gasteiger partial charge in [0, 0.05) is 0 Å². The maximum atomic E-state index is 11.1. The standard InChI is InChI=1S/C14H19N3O2/c1-4-14(5-2,6-3)17-12-9-10(13(18)19)7-8-11(12)15-16-17/h7-9H,4-6H2,1-3H3,(H,18,19). The van der Waals surface area contributed by atoms with Crippen LogP contribution in [0.25, 0.3) is 11.0 Å². The van der Waals surface area contributed by atoms with Gasteiger partial charge in [-0.25, -0.2) is 9.48 Å². The number of benzene rings is 1. The Morgan fingerprint density at radius 3 is 2.42 bits per heavy atom. The third-order valence-electron chi connectivity index (χ3n) is 4.12. The summed E-state index contributed by atoms with van der Waals surface area (Å²) < 4.78 is 1.90. The summed E-state index contributed by atoms with van der Waals surface area (Å²) in [6, 6.07) is 4.94. The van der Waals surface area contributed by atoms with Crippen LogP contribution in [-0.2, 0) is 5.54 Å². The van der Waals surface area contributed by atoms with Crippen LogP contribution in [0.4, 0.5) is 0 Å². The van der Waals surface area contributed by atoms with Gasteiger partial charge in [0.25, 0.3) is 0 Å². The third kappa shape index (κ3) is 2.09. The van der Waals surface area contributed by atoms with Crippen LogP contribution in [0.3, 0.4) is 0 Å². The average Bonchev–Trinajstić information content (AvgIpc) is 2.85. The van der Waals surface area contributed by atoms with Crippen LogP contribution in [0.1, 0.15) is 50.4 Å². The molecule has 0 aliphatic carbocycles. The molecule has 5 heteroatoms. The Morgan fingerprint density at radius 2 is 1.89 bits per heavy atom. The minimum atomic E-state index is -0.926. The van der Waals surface area contributed by atoms with Gasteiger partial charge >= 0.3 is 5.97 Å². The van der Waals surface area contributed by atoms with E-state index in [9.17, 15) is 4.79 Å². The Balaban J connectivity index is 2.66. The number of hydrogen-bond donors (Lipinski definition) is 1. The first-order valence-corrected chi connectivity index (χ1v) is 6.67. The fraction of sp³-hybridized carbons (Fsp3) is 0.500. The molecule has 1 N–H and O–H groups in total. The smallest absolute Gasteiger partial charge is 0.335 e. The van der Waals surface area contributed by atoms with Crippen molar-refractivity contribution in [3.8, 4) is 0 Å². The lowest BCUT2D eigenvalue weighted by atomic mass is 9.90. The van der Waals surface area contributed by atoms with Crippen LogP contribution in [-0.4, -0.2) is 26.1 Å².